The molecule has 0 bridgehead atoms. The second-order valence-corrected chi connectivity index (χ2v) is 10.6. The first kappa shape index (κ1) is 24.0. The standard InChI is InChI=1S/C29H38N4O2/c1-20(30)25-13-8-14-26(31-25)28(34)33-19-24(22-11-6-3-7-12-22)17-27(33)29(35)32-16-15-23(18-32)21-9-4-2-5-10-21/h2-7,9-12,20,23-27,31H,8,13-19,30H2,1H3. The van der Waals surface area contributed by atoms with Gasteiger partial charge in [-0.3, -0.25) is 9.59 Å². The summed E-state index contributed by atoms with van der Waals surface area (Å²) in [5, 5.41) is 3.50. The van der Waals surface area contributed by atoms with Crippen molar-refractivity contribution in [1.82, 2.24) is 15.1 Å². The maximum Gasteiger partial charge on any atom is 0.245 e. The lowest BCUT2D eigenvalue weighted by Crippen LogP contribution is -2.58. The number of nitrogens with zero attached hydrogens (tertiary/aromatic N) is 2. The third kappa shape index (κ3) is 5.14. The molecular weight excluding hydrogens is 436 g/mol. The van der Waals surface area contributed by atoms with Crippen LogP contribution in [0.15, 0.2) is 60.7 Å². The Morgan fingerprint density at radius 3 is 2.20 bits per heavy atom. The summed E-state index contributed by atoms with van der Waals surface area (Å²) < 4.78 is 0. The van der Waals surface area contributed by atoms with Crippen molar-refractivity contribution in [2.24, 2.45) is 5.73 Å². The fourth-order valence-electron chi connectivity index (χ4n) is 6.23. The first-order chi connectivity index (χ1) is 17.0. The van der Waals surface area contributed by atoms with E-state index in [1.807, 2.05) is 41.0 Å². The molecule has 2 aromatic rings. The third-order valence-electron chi connectivity index (χ3n) is 8.27. The van der Waals surface area contributed by atoms with Crippen molar-refractivity contribution in [3.63, 3.8) is 0 Å². The predicted octanol–water partition coefficient (Wildman–Crippen LogP) is 3.25. The molecule has 3 N–H and O–H groups in total. The van der Waals surface area contributed by atoms with E-state index in [4.69, 9.17) is 5.73 Å². The Bertz CT molecular complexity index is 1010. The molecule has 6 atom stereocenters. The number of amides is 2. The molecule has 6 nitrogen and oxygen atoms in total. The SMILES string of the molecule is CC(N)C1CCCC(C(=O)N2CC(c3ccccc3)CC2C(=O)N2CCC(c3ccccc3)C2)N1. The molecule has 0 spiro atoms. The lowest BCUT2D eigenvalue weighted by atomic mass is 9.94. The van der Waals surface area contributed by atoms with Crippen molar-refractivity contribution in [2.75, 3.05) is 19.6 Å². The fraction of sp³-hybridized carbons (Fsp3) is 0.517. The molecule has 2 aromatic carbocycles. The average Bonchev–Trinajstić information content (AvgIpc) is 3.57. The van der Waals surface area contributed by atoms with Crippen LogP contribution in [-0.2, 0) is 9.59 Å². The molecular formula is C29H38N4O2. The van der Waals surface area contributed by atoms with Gasteiger partial charge in [0.05, 0.1) is 6.04 Å². The van der Waals surface area contributed by atoms with E-state index in [0.29, 0.717) is 18.9 Å². The Morgan fingerprint density at radius 1 is 0.886 bits per heavy atom. The first-order valence-corrected chi connectivity index (χ1v) is 13.2. The van der Waals surface area contributed by atoms with E-state index >= 15 is 0 Å². The van der Waals surface area contributed by atoms with Gasteiger partial charge in [0.1, 0.15) is 6.04 Å². The molecule has 0 aromatic heterocycles. The van der Waals surface area contributed by atoms with Crippen LogP contribution >= 0.6 is 0 Å². The zero-order chi connectivity index (χ0) is 24.4. The summed E-state index contributed by atoms with van der Waals surface area (Å²) in [6.07, 6.45) is 4.43. The van der Waals surface area contributed by atoms with Gasteiger partial charge in [0, 0.05) is 43.6 Å². The fourth-order valence-corrected chi connectivity index (χ4v) is 6.23. The van der Waals surface area contributed by atoms with Crippen LogP contribution < -0.4 is 11.1 Å². The van der Waals surface area contributed by atoms with Gasteiger partial charge in [0.15, 0.2) is 0 Å². The molecule has 0 saturated carbocycles. The molecule has 0 aliphatic carbocycles. The third-order valence-corrected chi connectivity index (χ3v) is 8.27. The largest absolute Gasteiger partial charge is 0.340 e. The summed E-state index contributed by atoms with van der Waals surface area (Å²) in [5.41, 5.74) is 8.64. The van der Waals surface area contributed by atoms with Crippen LogP contribution in [0.5, 0.6) is 0 Å². The van der Waals surface area contributed by atoms with Gasteiger partial charge in [-0.25, -0.2) is 0 Å². The molecule has 3 aliphatic rings. The highest BCUT2D eigenvalue weighted by molar-refractivity contribution is 5.91. The van der Waals surface area contributed by atoms with Crippen molar-refractivity contribution in [2.45, 2.75) is 75.0 Å². The monoisotopic (exact) mass is 474 g/mol. The van der Waals surface area contributed by atoms with Gasteiger partial charge in [-0.15, -0.1) is 0 Å². The average molecular weight is 475 g/mol. The minimum atomic E-state index is -0.403. The van der Waals surface area contributed by atoms with E-state index in [-0.39, 0.29) is 35.9 Å². The molecule has 2 amide bonds. The van der Waals surface area contributed by atoms with Crippen molar-refractivity contribution in [1.29, 1.82) is 0 Å². The Kier molecular flexibility index (Phi) is 7.21. The van der Waals surface area contributed by atoms with Crippen molar-refractivity contribution in [3.05, 3.63) is 71.8 Å². The first-order valence-electron chi connectivity index (χ1n) is 13.2. The molecule has 3 fully saturated rings. The molecule has 35 heavy (non-hydrogen) atoms. The zero-order valence-corrected chi connectivity index (χ0v) is 20.7. The van der Waals surface area contributed by atoms with Crippen molar-refractivity contribution in [3.8, 4) is 0 Å². The van der Waals surface area contributed by atoms with Crippen molar-refractivity contribution < 1.29 is 9.59 Å². The van der Waals surface area contributed by atoms with E-state index in [1.165, 1.54) is 11.1 Å². The second-order valence-electron chi connectivity index (χ2n) is 10.6. The topological polar surface area (TPSA) is 78.7 Å². The van der Waals surface area contributed by atoms with Crippen LogP contribution in [0.25, 0.3) is 0 Å². The normalized spacial score (nSPS) is 29.8. The number of hydrogen-bond donors (Lipinski definition) is 2. The minimum Gasteiger partial charge on any atom is -0.340 e. The van der Waals surface area contributed by atoms with E-state index in [0.717, 1.165) is 38.8 Å². The molecule has 6 unspecified atom stereocenters. The van der Waals surface area contributed by atoms with Crippen LogP contribution in [0, 0.1) is 0 Å². The van der Waals surface area contributed by atoms with Gasteiger partial charge in [0.2, 0.25) is 11.8 Å². The summed E-state index contributed by atoms with van der Waals surface area (Å²) in [7, 11) is 0. The maximum atomic E-state index is 13.9. The van der Waals surface area contributed by atoms with Gasteiger partial charge in [0.25, 0.3) is 0 Å². The highest BCUT2D eigenvalue weighted by Crippen LogP contribution is 2.36. The van der Waals surface area contributed by atoms with E-state index in [2.05, 4.69) is 41.7 Å². The summed E-state index contributed by atoms with van der Waals surface area (Å²) in [5.74, 6) is 0.706. The highest BCUT2D eigenvalue weighted by atomic mass is 16.2. The molecule has 3 aliphatic heterocycles. The number of nitrogens with one attached hydrogen (secondary N) is 1. The van der Waals surface area contributed by atoms with Crippen LogP contribution in [0.4, 0.5) is 0 Å². The number of nitrogens with two attached hydrogens (primary N) is 1. The maximum absolute atomic E-state index is 13.9. The van der Waals surface area contributed by atoms with Gasteiger partial charge >= 0.3 is 0 Å². The molecule has 5 rings (SSSR count). The zero-order valence-electron chi connectivity index (χ0n) is 20.7. The number of benzene rings is 2. The second kappa shape index (κ2) is 10.5. The summed E-state index contributed by atoms with van der Waals surface area (Å²) in [4.78, 5) is 31.6. The van der Waals surface area contributed by atoms with Gasteiger partial charge < -0.3 is 20.9 Å². The number of rotatable bonds is 5. The Morgan fingerprint density at radius 2 is 1.54 bits per heavy atom. The van der Waals surface area contributed by atoms with Crippen molar-refractivity contribution >= 4 is 11.8 Å². The van der Waals surface area contributed by atoms with Crippen LogP contribution in [0.3, 0.4) is 0 Å². The Balaban J connectivity index is 1.34. The summed E-state index contributed by atoms with van der Waals surface area (Å²) in [6, 6.07) is 20.3. The molecule has 3 saturated heterocycles. The van der Waals surface area contributed by atoms with Gasteiger partial charge in [-0.05, 0) is 50.2 Å². The van der Waals surface area contributed by atoms with E-state index in [1.54, 1.807) is 0 Å². The summed E-state index contributed by atoms with van der Waals surface area (Å²) >= 11 is 0. The minimum absolute atomic E-state index is 0.00167. The Hall–Kier alpha value is -2.70. The molecule has 186 valence electrons. The smallest absolute Gasteiger partial charge is 0.245 e. The highest BCUT2D eigenvalue weighted by Gasteiger charge is 2.45. The summed E-state index contributed by atoms with van der Waals surface area (Å²) in [6.45, 7) is 4.07. The lowest BCUT2D eigenvalue weighted by Gasteiger charge is -2.36. The molecule has 3 heterocycles. The van der Waals surface area contributed by atoms with Gasteiger partial charge in [-0.2, -0.15) is 0 Å². The number of hydrogen-bond acceptors (Lipinski definition) is 4. The van der Waals surface area contributed by atoms with Gasteiger partial charge in [-0.1, -0.05) is 60.7 Å². The number of carbonyl (C=O) groups is 2. The molecule has 6 heteroatoms. The Labute approximate surface area is 208 Å². The predicted molar refractivity (Wildman–Crippen MR) is 138 cm³/mol. The van der Waals surface area contributed by atoms with Crippen LogP contribution in [-0.4, -0.2) is 65.4 Å². The van der Waals surface area contributed by atoms with E-state index < -0.39 is 6.04 Å². The van der Waals surface area contributed by atoms with Crippen LogP contribution in [0.2, 0.25) is 0 Å². The number of carbonyl (C=O) groups excluding carboxylic acids is 2. The molecule has 0 radical (unpaired) electrons. The quantitative estimate of drug-likeness (QED) is 0.697. The lowest BCUT2D eigenvalue weighted by molar-refractivity contribution is -0.144. The van der Waals surface area contributed by atoms with E-state index in [9.17, 15) is 9.59 Å². The van der Waals surface area contributed by atoms with Crippen LogP contribution in [0.1, 0.15) is 62.0 Å². The number of piperidine rings is 1. The number of likely N-dealkylation sites (tertiary alicyclic amines) is 2.